The number of carbonyl (C=O) groups is 3. The summed E-state index contributed by atoms with van der Waals surface area (Å²) in [6.07, 6.45) is 8.56. The van der Waals surface area contributed by atoms with E-state index in [1.54, 1.807) is 0 Å². The van der Waals surface area contributed by atoms with Crippen LogP contribution < -0.4 is 5.32 Å². The molecule has 2 aliphatic heterocycles. The van der Waals surface area contributed by atoms with E-state index < -0.39 is 12.1 Å². The molecule has 11 heteroatoms. The highest BCUT2D eigenvalue weighted by Crippen LogP contribution is 2.34. The first-order chi connectivity index (χ1) is 25.0. The van der Waals surface area contributed by atoms with Gasteiger partial charge in [-0.25, -0.2) is 14.8 Å². The SMILES string of the molecule is COC(=O)NC(C(=O)N1CCCC1c1ncc(CCc2ccc(-c3cnc([C@@H]4CCCN4C(=O)Cc4ccccc4)[nH]3)cc2)[nH]1)c1ccccc1. The second-order valence-corrected chi connectivity index (χ2v) is 13.2. The zero-order valence-electron chi connectivity index (χ0n) is 28.8. The summed E-state index contributed by atoms with van der Waals surface area (Å²) in [4.78, 5) is 59.2. The van der Waals surface area contributed by atoms with Gasteiger partial charge in [0.15, 0.2) is 0 Å². The van der Waals surface area contributed by atoms with Gasteiger partial charge in [-0.3, -0.25) is 9.59 Å². The summed E-state index contributed by atoms with van der Waals surface area (Å²) >= 11 is 0. The minimum atomic E-state index is -0.850. The molecule has 51 heavy (non-hydrogen) atoms. The van der Waals surface area contributed by atoms with E-state index in [0.29, 0.717) is 18.5 Å². The minimum absolute atomic E-state index is 0.0372. The van der Waals surface area contributed by atoms with Crippen LogP contribution in [0.2, 0.25) is 0 Å². The van der Waals surface area contributed by atoms with Gasteiger partial charge in [-0.05, 0) is 60.8 Å². The number of benzene rings is 3. The Bertz CT molecular complexity index is 1940. The molecule has 3 N–H and O–H groups in total. The molecule has 262 valence electrons. The van der Waals surface area contributed by atoms with E-state index in [-0.39, 0.29) is 23.9 Å². The number of hydrogen-bond acceptors (Lipinski definition) is 6. The molecule has 3 aromatic carbocycles. The Hall–Kier alpha value is -5.71. The summed E-state index contributed by atoms with van der Waals surface area (Å²) in [6.45, 7) is 1.33. The maximum atomic E-state index is 13.8. The Balaban J connectivity index is 0.956. The summed E-state index contributed by atoms with van der Waals surface area (Å²) in [5.74, 6) is 1.54. The van der Waals surface area contributed by atoms with Crippen LogP contribution in [0.1, 0.15) is 77.8 Å². The average Bonchev–Trinajstić information content (AvgIpc) is 4.00. The van der Waals surface area contributed by atoms with E-state index in [1.165, 1.54) is 12.7 Å². The molecule has 2 aliphatic rings. The third-order valence-electron chi connectivity index (χ3n) is 9.96. The van der Waals surface area contributed by atoms with Gasteiger partial charge in [-0.2, -0.15) is 0 Å². The molecule has 7 rings (SSSR count). The number of amides is 3. The highest BCUT2D eigenvalue weighted by Gasteiger charge is 2.37. The summed E-state index contributed by atoms with van der Waals surface area (Å²) in [5.41, 5.74) is 5.90. The average molecular weight is 686 g/mol. The number of ether oxygens (including phenoxy) is 1. The van der Waals surface area contributed by atoms with Crippen molar-refractivity contribution in [2.24, 2.45) is 0 Å². The largest absolute Gasteiger partial charge is 0.453 e. The molecule has 0 aliphatic carbocycles. The number of methoxy groups -OCH3 is 1. The van der Waals surface area contributed by atoms with Gasteiger partial charge in [0.25, 0.3) is 5.91 Å². The number of rotatable bonds is 11. The van der Waals surface area contributed by atoms with Gasteiger partial charge in [0.05, 0.1) is 37.5 Å². The van der Waals surface area contributed by atoms with Gasteiger partial charge < -0.3 is 29.8 Å². The Labute approximate surface area is 297 Å². The molecule has 11 nitrogen and oxygen atoms in total. The van der Waals surface area contributed by atoms with Crippen molar-refractivity contribution in [1.29, 1.82) is 0 Å². The van der Waals surface area contributed by atoms with Gasteiger partial charge in [0.1, 0.15) is 17.7 Å². The van der Waals surface area contributed by atoms with Crippen molar-refractivity contribution < 1.29 is 19.1 Å². The van der Waals surface area contributed by atoms with Crippen molar-refractivity contribution in [2.75, 3.05) is 20.2 Å². The number of nitrogens with one attached hydrogen (secondary N) is 3. The first kappa shape index (κ1) is 33.8. The molecular weight excluding hydrogens is 642 g/mol. The maximum Gasteiger partial charge on any atom is 0.407 e. The van der Waals surface area contributed by atoms with Crippen molar-refractivity contribution in [3.8, 4) is 11.3 Å². The normalized spacial score (nSPS) is 17.7. The Morgan fingerprint density at radius 1 is 0.784 bits per heavy atom. The topological polar surface area (TPSA) is 136 Å². The molecule has 3 amide bonds. The van der Waals surface area contributed by atoms with Gasteiger partial charge >= 0.3 is 6.09 Å². The summed E-state index contributed by atoms with van der Waals surface area (Å²) in [5, 5.41) is 2.71. The fraction of sp³-hybridized carbons (Fsp3) is 0.325. The highest BCUT2D eigenvalue weighted by molar-refractivity contribution is 5.87. The van der Waals surface area contributed by atoms with E-state index in [9.17, 15) is 14.4 Å². The Morgan fingerprint density at radius 3 is 2.16 bits per heavy atom. The number of aromatic amines is 2. The predicted molar refractivity (Wildman–Crippen MR) is 192 cm³/mol. The molecule has 3 atom stereocenters. The van der Waals surface area contributed by atoms with Crippen LogP contribution >= 0.6 is 0 Å². The first-order valence-electron chi connectivity index (χ1n) is 17.7. The maximum absolute atomic E-state index is 13.8. The number of carbonyl (C=O) groups excluding carboxylic acids is 3. The lowest BCUT2D eigenvalue weighted by Crippen LogP contribution is -2.42. The van der Waals surface area contributed by atoms with Crippen LogP contribution in [-0.2, 0) is 33.6 Å². The zero-order valence-corrected chi connectivity index (χ0v) is 28.8. The zero-order chi connectivity index (χ0) is 35.2. The van der Waals surface area contributed by atoms with Gasteiger partial charge in [-0.15, -0.1) is 0 Å². The summed E-state index contributed by atoms with van der Waals surface area (Å²) < 4.78 is 4.81. The lowest BCUT2D eigenvalue weighted by molar-refractivity contribution is -0.134. The van der Waals surface area contributed by atoms with Crippen molar-refractivity contribution in [1.82, 2.24) is 35.1 Å². The van der Waals surface area contributed by atoms with E-state index in [0.717, 1.165) is 79.2 Å². The number of likely N-dealkylation sites (tertiary alicyclic amines) is 2. The lowest BCUT2D eigenvalue weighted by atomic mass is 10.0. The minimum Gasteiger partial charge on any atom is -0.453 e. The third kappa shape index (κ3) is 7.72. The van der Waals surface area contributed by atoms with Crippen molar-refractivity contribution in [3.05, 3.63) is 131 Å². The number of aromatic nitrogens is 4. The van der Waals surface area contributed by atoms with E-state index in [4.69, 9.17) is 9.72 Å². The number of H-pyrrole nitrogens is 2. The van der Waals surface area contributed by atoms with E-state index >= 15 is 0 Å². The second kappa shape index (κ2) is 15.5. The van der Waals surface area contributed by atoms with Gasteiger partial charge in [0.2, 0.25) is 5.91 Å². The van der Waals surface area contributed by atoms with Crippen molar-refractivity contribution in [3.63, 3.8) is 0 Å². The molecule has 2 fully saturated rings. The third-order valence-corrected chi connectivity index (χ3v) is 9.96. The molecule has 2 aromatic heterocycles. The number of aryl methyl sites for hydroxylation is 2. The number of imidazole rings is 2. The molecule has 0 radical (unpaired) electrons. The number of alkyl carbamates (subject to hydrolysis) is 1. The fourth-order valence-electron chi connectivity index (χ4n) is 7.27. The Morgan fingerprint density at radius 2 is 1.43 bits per heavy atom. The first-order valence-corrected chi connectivity index (χ1v) is 17.7. The van der Waals surface area contributed by atoms with Crippen LogP contribution in [0.5, 0.6) is 0 Å². The van der Waals surface area contributed by atoms with Crippen molar-refractivity contribution in [2.45, 2.75) is 63.1 Å². The number of nitrogens with zero attached hydrogens (tertiary/aromatic N) is 4. The fourth-order valence-corrected chi connectivity index (χ4v) is 7.27. The predicted octanol–water partition coefficient (Wildman–Crippen LogP) is 6.25. The summed E-state index contributed by atoms with van der Waals surface area (Å²) in [7, 11) is 1.29. The van der Waals surface area contributed by atoms with Crippen LogP contribution in [0, 0.1) is 0 Å². The van der Waals surface area contributed by atoms with E-state index in [2.05, 4.69) is 44.5 Å². The molecule has 2 unspecified atom stereocenters. The lowest BCUT2D eigenvalue weighted by Gasteiger charge is -2.28. The van der Waals surface area contributed by atoms with Gasteiger partial charge in [-0.1, -0.05) is 84.9 Å². The monoisotopic (exact) mass is 685 g/mol. The van der Waals surface area contributed by atoms with Crippen LogP contribution in [0.25, 0.3) is 11.3 Å². The molecule has 4 heterocycles. The quantitative estimate of drug-likeness (QED) is 0.150. The van der Waals surface area contributed by atoms with Crippen LogP contribution in [0.3, 0.4) is 0 Å². The van der Waals surface area contributed by atoms with Gasteiger partial charge in [0, 0.05) is 25.0 Å². The molecular formula is C40H43N7O4. The molecule has 2 saturated heterocycles. The molecule has 0 saturated carbocycles. The summed E-state index contributed by atoms with van der Waals surface area (Å²) in [6, 6.07) is 26.5. The van der Waals surface area contributed by atoms with Crippen molar-refractivity contribution >= 4 is 17.9 Å². The second-order valence-electron chi connectivity index (χ2n) is 13.2. The standard InChI is InChI=1S/C40H43N7O4/c1-51-40(50)45-36(30-12-6-3-7-13-30)39(49)47-23-9-15-34(47)37-41-25-31(43-37)21-18-27-16-19-29(20-17-27)32-26-42-38(44-32)33-14-8-22-46(33)35(48)24-28-10-4-2-5-11-28/h2-7,10-13,16-17,19-20,25-26,33-34,36H,8-9,14-15,18,21-24H2,1H3,(H,41,43)(H,42,44)(H,45,50)/t33-,34?,36?/m0/s1. The molecule has 0 bridgehead atoms. The smallest absolute Gasteiger partial charge is 0.407 e. The molecule has 5 aromatic rings. The molecule has 0 spiro atoms. The Kier molecular flexibility index (Phi) is 10.2. The van der Waals surface area contributed by atoms with Crippen LogP contribution in [0.4, 0.5) is 4.79 Å². The highest BCUT2D eigenvalue weighted by atomic mass is 16.5. The van der Waals surface area contributed by atoms with Crippen LogP contribution in [-0.4, -0.2) is 67.8 Å². The van der Waals surface area contributed by atoms with Crippen LogP contribution in [0.15, 0.2) is 97.3 Å². The van der Waals surface area contributed by atoms with E-state index in [1.807, 2.05) is 82.9 Å². The number of hydrogen-bond donors (Lipinski definition) is 3.